The van der Waals surface area contributed by atoms with Crippen molar-refractivity contribution >= 4 is 43.1 Å². The number of benzene rings is 6. The van der Waals surface area contributed by atoms with Gasteiger partial charge in [-0.3, -0.25) is 0 Å². The summed E-state index contributed by atoms with van der Waals surface area (Å²) in [5.74, 6) is -2.71. The number of rotatable bonds is 0. The van der Waals surface area contributed by atoms with E-state index in [2.05, 4.69) is 0 Å². The predicted octanol–water partition coefficient (Wildman–Crippen LogP) is 5.04. The highest BCUT2D eigenvalue weighted by atomic mass is 16.3. The Hall–Kier alpha value is -5.64. The molecule has 10 nitrogen and oxygen atoms in total. The van der Waals surface area contributed by atoms with Crippen LogP contribution in [0.3, 0.4) is 0 Å². The van der Waals surface area contributed by atoms with Gasteiger partial charge >= 0.3 is 0 Å². The maximum absolute atomic E-state index is 9.82. The molecule has 0 aromatic heterocycles. The minimum atomic E-state index is -0.335. The van der Waals surface area contributed by atoms with Crippen LogP contribution in [0, 0.1) is 0 Å². The van der Waals surface area contributed by atoms with Crippen molar-refractivity contribution in [3.8, 4) is 57.5 Å². The van der Waals surface area contributed by atoms with E-state index in [0.29, 0.717) is 37.7 Å². The van der Waals surface area contributed by atoms with E-state index in [0.717, 1.165) is 12.1 Å². The van der Waals surface area contributed by atoms with Crippen molar-refractivity contribution in [3.63, 3.8) is 0 Å². The Labute approximate surface area is 212 Å². The molecule has 0 saturated carbocycles. The molecule has 0 amide bonds. The molecule has 0 bridgehead atoms. The monoisotopic (exact) mass is 516 g/mol. The molecule has 192 valence electrons. The van der Waals surface area contributed by atoms with E-state index < -0.39 is 0 Å². The molecule has 0 unspecified atom stereocenters. The largest absolute Gasteiger partial charge is 0.508 e. The van der Waals surface area contributed by atoms with Crippen LogP contribution in [0.15, 0.2) is 60.7 Å². The lowest BCUT2D eigenvalue weighted by Gasteiger charge is -2.13. The summed E-state index contributed by atoms with van der Waals surface area (Å²) in [6, 6.07) is 13.0. The van der Waals surface area contributed by atoms with E-state index in [1.54, 1.807) is 0 Å². The number of phenolic OH excluding ortho intramolecular Hbond substituents is 10. The van der Waals surface area contributed by atoms with E-state index in [9.17, 15) is 40.9 Å². The van der Waals surface area contributed by atoms with Gasteiger partial charge in [-0.15, -0.1) is 0 Å². The zero-order chi connectivity index (χ0) is 27.5. The minimum absolute atomic E-state index is 0.125. The van der Waals surface area contributed by atoms with Crippen LogP contribution >= 0.6 is 0 Å². The van der Waals surface area contributed by atoms with Crippen LogP contribution in [0.4, 0.5) is 0 Å². The first-order chi connectivity index (χ1) is 17.9. The molecule has 38 heavy (non-hydrogen) atoms. The van der Waals surface area contributed by atoms with Gasteiger partial charge in [-0.25, -0.2) is 0 Å². The number of hydrogen-bond donors (Lipinski definition) is 10. The van der Waals surface area contributed by atoms with E-state index in [1.165, 1.54) is 48.5 Å². The second-order valence-electron chi connectivity index (χ2n) is 8.69. The number of phenols is 10. The highest BCUT2D eigenvalue weighted by molar-refractivity contribution is 6.26. The number of hydrogen-bond acceptors (Lipinski definition) is 10. The molecule has 10 N–H and O–H groups in total. The molecule has 0 aliphatic carbocycles. The molecule has 10 heteroatoms. The van der Waals surface area contributed by atoms with E-state index >= 15 is 0 Å². The molecule has 0 heterocycles. The Bertz CT molecular complexity index is 1620. The highest BCUT2D eigenvalue weighted by Crippen LogP contribution is 2.45. The van der Waals surface area contributed by atoms with Gasteiger partial charge in [0.25, 0.3) is 0 Å². The summed E-state index contributed by atoms with van der Waals surface area (Å²) in [5.41, 5.74) is 0. The third-order valence-electron chi connectivity index (χ3n) is 6.19. The molecule has 6 aromatic carbocycles. The summed E-state index contributed by atoms with van der Waals surface area (Å²) in [6.07, 6.45) is 0. The Morgan fingerprint density at radius 3 is 0.737 bits per heavy atom. The first-order valence-corrected chi connectivity index (χ1v) is 11.0. The molecule has 6 rings (SSSR count). The SMILES string of the molecule is Oc1cc(O)c2c(O)cc(O)cc2c1.Oc1cc2c3cc(O)c(O)cc3c3cc(O)c(O)cc3c2cc1O. The lowest BCUT2D eigenvalue weighted by molar-refractivity contribution is 0.404. The van der Waals surface area contributed by atoms with Crippen molar-refractivity contribution < 1.29 is 51.1 Å². The summed E-state index contributed by atoms with van der Waals surface area (Å²) in [4.78, 5) is 0. The average Bonchev–Trinajstić information content (AvgIpc) is 2.82. The highest BCUT2D eigenvalue weighted by Gasteiger charge is 2.16. The Kier molecular flexibility index (Phi) is 5.38. The van der Waals surface area contributed by atoms with Gasteiger partial charge in [0.1, 0.15) is 23.0 Å². The van der Waals surface area contributed by atoms with Gasteiger partial charge in [0.2, 0.25) is 0 Å². The van der Waals surface area contributed by atoms with Gasteiger partial charge in [0.15, 0.2) is 34.5 Å². The standard InChI is InChI=1S/C18H12O6.C10H8O4/c19-13-1-7-8(2-14(13)20)10-4-17(23)18(24)6-12(10)11-5-16(22)15(21)3-9(7)11;11-6-1-5-2-7(12)4-9(14)10(5)8(13)3-6/h1-6,19-24H;1-4,11-14H. The number of fused-ring (bicyclic) bond motifs is 7. The van der Waals surface area contributed by atoms with Crippen molar-refractivity contribution in [2.45, 2.75) is 0 Å². The maximum atomic E-state index is 9.82. The molecule has 0 fully saturated rings. The van der Waals surface area contributed by atoms with Crippen LogP contribution in [0.25, 0.3) is 43.1 Å². The van der Waals surface area contributed by atoms with Crippen LogP contribution in [0.5, 0.6) is 57.5 Å². The van der Waals surface area contributed by atoms with E-state index in [-0.39, 0.29) is 62.9 Å². The third kappa shape index (κ3) is 3.86. The van der Waals surface area contributed by atoms with Gasteiger partial charge in [-0.2, -0.15) is 0 Å². The first kappa shape index (κ1) is 24.1. The summed E-state index contributed by atoms with van der Waals surface area (Å²) >= 11 is 0. The summed E-state index contributed by atoms with van der Waals surface area (Å²) in [7, 11) is 0. The molecule has 0 atom stereocenters. The molecular formula is C28H20O10. The molecule has 0 aliphatic heterocycles. The van der Waals surface area contributed by atoms with E-state index in [4.69, 9.17) is 10.2 Å². The van der Waals surface area contributed by atoms with Crippen molar-refractivity contribution in [1.82, 2.24) is 0 Å². The van der Waals surface area contributed by atoms with Crippen LogP contribution in [-0.2, 0) is 0 Å². The maximum Gasteiger partial charge on any atom is 0.158 e. The Morgan fingerprint density at radius 1 is 0.263 bits per heavy atom. The van der Waals surface area contributed by atoms with E-state index in [1.807, 2.05) is 0 Å². The molecular weight excluding hydrogens is 496 g/mol. The van der Waals surface area contributed by atoms with Crippen molar-refractivity contribution in [1.29, 1.82) is 0 Å². The summed E-state index contributed by atoms with van der Waals surface area (Å²) in [5, 5.41) is 99.7. The van der Waals surface area contributed by atoms with Crippen molar-refractivity contribution in [2.75, 3.05) is 0 Å². The Morgan fingerprint density at radius 2 is 0.500 bits per heavy atom. The normalized spacial score (nSPS) is 11.2. The zero-order valence-electron chi connectivity index (χ0n) is 19.2. The van der Waals surface area contributed by atoms with Gasteiger partial charge in [-0.1, -0.05) is 0 Å². The van der Waals surface area contributed by atoms with Gasteiger partial charge in [-0.05, 0) is 86.2 Å². The molecule has 0 radical (unpaired) electrons. The van der Waals surface area contributed by atoms with Crippen molar-refractivity contribution in [3.05, 3.63) is 60.7 Å². The van der Waals surface area contributed by atoms with Crippen LogP contribution in [0.1, 0.15) is 0 Å². The predicted molar refractivity (Wildman–Crippen MR) is 140 cm³/mol. The van der Waals surface area contributed by atoms with Gasteiger partial charge in [0.05, 0.1) is 5.39 Å². The zero-order valence-corrected chi connectivity index (χ0v) is 19.2. The topological polar surface area (TPSA) is 202 Å². The quantitative estimate of drug-likeness (QED) is 0.0962. The fourth-order valence-corrected chi connectivity index (χ4v) is 4.51. The minimum Gasteiger partial charge on any atom is -0.508 e. The van der Waals surface area contributed by atoms with Crippen LogP contribution < -0.4 is 0 Å². The lowest BCUT2D eigenvalue weighted by Crippen LogP contribution is -1.85. The average molecular weight is 516 g/mol. The first-order valence-electron chi connectivity index (χ1n) is 11.0. The Balaban J connectivity index is 0.000000179. The lowest BCUT2D eigenvalue weighted by atomic mass is 9.93. The molecule has 0 saturated heterocycles. The van der Waals surface area contributed by atoms with Crippen molar-refractivity contribution in [2.24, 2.45) is 0 Å². The molecule has 0 spiro atoms. The third-order valence-corrected chi connectivity index (χ3v) is 6.19. The van der Waals surface area contributed by atoms with Crippen LogP contribution in [0.2, 0.25) is 0 Å². The summed E-state index contributed by atoms with van der Waals surface area (Å²) < 4.78 is 0. The fourth-order valence-electron chi connectivity index (χ4n) is 4.51. The fraction of sp³-hybridized carbons (Fsp3) is 0. The van der Waals surface area contributed by atoms with Gasteiger partial charge < -0.3 is 51.1 Å². The molecule has 0 aliphatic rings. The second kappa shape index (κ2) is 8.49. The number of aromatic hydroxyl groups is 10. The second-order valence-corrected chi connectivity index (χ2v) is 8.69. The smallest absolute Gasteiger partial charge is 0.158 e. The van der Waals surface area contributed by atoms with Crippen LogP contribution in [-0.4, -0.2) is 51.1 Å². The van der Waals surface area contributed by atoms with Gasteiger partial charge in [0, 0.05) is 12.1 Å². The molecule has 6 aromatic rings. The summed E-state index contributed by atoms with van der Waals surface area (Å²) in [6.45, 7) is 0.